The predicted molar refractivity (Wildman–Crippen MR) is 83.2 cm³/mol. The van der Waals surface area contributed by atoms with Crippen LogP contribution in [0.25, 0.3) is 0 Å². The molecule has 0 bridgehead atoms. The Morgan fingerprint density at radius 3 is 1.64 bits per heavy atom. The van der Waals surface area contributed by atoms with Crippen molar-refractivity contribution >= 4 is 33.5 Å². The SMILES string of the molecule is O=C(O)C1([S](S)C2(C(=O)O)CC=CC=C2F)CC=CC=C1F. The Morgan fingerprint density at radius 1 is 1.00 bits per heavy atom. The maximum absolute atomic E-state index is 14.4. The molecule has 0 aromatic heterocycles. The Hall–Kier alpha value is -1.54. The minimum absolute atomic E-state index is 0.288. The number of carbonyl (C=O) groups is 2. The first-order valence-electron chi connectivity index (χ1n) is 6.26. The van der Waals surface area contributed by atoms with Gasteiger partial charge in [0.25, 0.3) is 0 Å². The molecule has 8 heteroatoms. The first-order valence-corrected chi connectivity index (χ1v) is 8.54. The third-order valence-corrected chi connectivity index (χ3v) is 7.95. The van der Waals surface area contributed by atoms with Gasteiger partial charge in [-0.2, -0.15) is 0 Å². The van der Waals surface area contributed by atoms with Crippen molar-refractivity contribution in [3.05, 3.63) is 48.1 Å². The zero-order chi connectivity index (χ0) is 16.5. The van der Waals surface area contributed by atoms with E-state index in [1.165, 1.54) is 24.3 Å². The molecule has 2 aliphatic carbocycles. The van der Waals surface area contributed by atoms with Gasteiger partial charge in [-0.1, -0.05) is 24.3 Å². The van der Waals surface area contributed by atoms with E-state index in [4.69, 9.17) is 0 Å². The lowest BCUT2D eigenvalue weighted by atomic mass is 9.97. The fourth-order valence-corrected chi connectivity index (χ4v) is 5.80. The Labute approximate surface area is 133 Å². The maximum atomic E-state index is 14.4. The summed E-state index contributed by atoms with van der Waals surface area (Å²) in [4.78, 5) is 23.5. The van der Waals surface area contributed by atoms with Gasteiger partial charge < -0.3 is 10.2 Å². The summed E-state index contributed by atoms with van der Waals surface area (Å²) in [7, 11) is -1.97. The van der Waals surface area contributed by atoms with Crippen molar-refractivity contribution in [2.75, 3.05) is 0 Å². The minimum Gasteiger partial charge on any atom is -0.480 e. The molecule has 0 heterocycles. The van der Waals surface area contributed by atoms with E-state index in [1.54, 1.807) is 0 Å². The molecule has 0 saturated carbocycles. The Morgan fingerprint density at radius 2 is 1.36 bits per heavy atom. The fourth-order valence-electron chi connectivity index (χ4n) is 2.42. The van der Waals surface area contributed by atoms with Crippen LogP contribution in [0.5, 0.6) is 0 Å². The molecule has 0 saturated heterocycles. The van der Waals surface area contributed by atoms with Crippen molar-refractivity contribution in [2.45, 2.75) is 22.3 Å². The summed E-state index contributed by atoms with van der Waals surface area (Å²) in [6, 6.07) is 0. The number of hydrogen-bond donors (Lipinski definition) is 3. The predicted octanol–water partition coefficient (Wildman–Crippen LogP) is 3.37. The van der Waals surface area contributed by atoms with Gasteiger partial charge in [0, 0.05) is 0 Å². The van der Waals surface area contributed by atoms with Crippen molar-refractivity contribution < 1.29 is 28.6 Å². The lowest BCUT2D eigenvalue weighted by Crippen LogP contribution is -2.50. The summed E-state index contributed by atoms with van der Waals surface area (Å²) in [6.45, 7) is 0. The van der Waals surface area contributed by atoms with E-state index in [-0.39, 0.29) is 12.8 Å². The van der Waals surface area contributed by atoms with Crippen molar-refractivity contribution in [1.82, 2.24) is 0 Å². The Kier molecular flexibility index (Phi) is 4.53. The van der Waals surface area contributed by atoms with Crippen LogP contribution in [0.1, 0.15) is 12.8 Å². The Balaban J connectivity index is 2.62. The van der Waals surface area contributed by atoms with E-state index >= 15 is 0 Å². The van der Waals surface area contributed by atoms with E-state index in [2.05, 4.69) is 11.7 Å². The fraction of sp³-hybridized carbons (Fsp3) is 0.286. The van der Waals surface area contributed by atoms with Gasteiger partial charge in [0.1, 0.15) is 11.7 Å². The molecule has 2 rings (SSSR count). The van der Waals surface area contributed by atoms with Crippen molar-refractivity contribution in [1.29, 1.82) is 0 Å². The van der Waals surface area contributed by atoms with Crippen LogP contribution in [0.15, 0.2) is 48.1 Å². The first kappa shape index (κ1) is 16.8. The number of hydrogen-bond acceptors (Lipinski definition) is 3. The van der Waals surface area contributed by atoms with Gasteiger partial charge in [0.2, 0.25) is 0 Å². The van der Waals surface area contributed by atoms with Gasteiger partial charge in [0.05, 0.1) is 0 Å². The largest absolute Gasteiger partial charge is 0.480 e. The maximum Gasteiger partial charge on any atom is 0.327 e. The summed E-state index contributed by atoms with van der Waals surface area (Å²) in [5, 5.41) is 19.1. The number of halogens is 2. The molecule has 2 unspecified atom stereocenters. The number of carboxylic acids is 2. The lowest BCUT2D eigenvalue weighted by Gasteiger charge is -2.44. The molecule has 119 valence electrons. The quantitative estimate of drug-likeness (QED) is 0.538. The third kappa shape index (κ3) is 2.21. The normalized spacial score (nSPS) is 30.9. The van der Waals surface area contributed by atoms with E-state index in [0.717, 1.165) is 12.2 Å². The molecular formula is C14H13F2O4S2. The van der Waals surface area contributed by atoms with E-state index < -0.39 is 43.0 Å². The molecule has 4 nitrogen and oxygen atoms in total. The summed E-state index contributed by atoms with van der Waals surface area (Å²) in [5.74, 6) is -5.17. The number of allylic oxidation sites excluding steroid dienone is 6. The second-order valence-corrected chi connectivity index (χ2v) is 7.90. The molecule has 22 heavy (non-hydrogen) atoms. The zero-order valence-corrected chi connectivity index (χ0v) is 12.9. The molecule has 2 N–H and O–H groups in total. The average molecular weight is 347 g/mol. The summed E-state index contributed by atoms with van der Waals surface area (Å²) < 4.78 is 24.3. The molecule has 0 amide bonds. The molecule has 0 fully saturated rings. The van der Waals surface area contributed by atoms with Crippen LogP contribution in [0, 0.1) is 0 Å². The molecule has 1 radical (unpaired) electrons. The van der Waals surface area contributed by atoms with Crippen LogP contribution in [-0.4, -0.2) is 31.6 Å². The van der Waals surface area contributed by atoms with E-state index in [1.807, 2.05) is 0 Å². The number of rotatable bonds is 4. The summed E-state index contributed by atoms with van der Waals surface area (Å²) in [6.07, 6.45) is 6.80. The number of thiol groups is 1. The number of aliphatic carboxylic acids is 2. The summed E-state index contributed by atoms with van der Waals surface area (Å²) in [5.41, 5.74) is 0. The first-order chi connectivity index (χ1) is 10.3. The molecule has 0 aromatic rings. The molecule has 0 aliphatic heterocycles. The lowest BCUT2D eigenvalue weighted by molar-refractivity contribution is -0.139. The van der Waals surface area contributed by atoms with Gasteiger partial charge in [0.15, 0.2) is 9.49 Å². The van der Waals surface area contributed by atoms with E-state index in [9.17, 15) is 28.6 Å². The third-order valence-electron chi connectivity index (χ3n) is 3.69. The van der Waals surface area contributed by atoms with Crippen molar-refractivity contribution in [3.8, 4) is 0 Å². The van der Waals surface area contributed by atoms with Gasteiger partial charge >= 0.3 is 11.9 Å². The molecule has 0 aromatic carbocycles. The number of carboxylic acid groups (broad SMARTS) is 2. The summed E-state index contributed by atoms with van der Waals surface area (Å²) >= 11 is 4.12. The Bertz CT molecular complexity index is 587. The van der Waals surface area contributed by atoms with Gasteiger partial charge in [-0.3, -0.25) is 9.59 Å². The second-order valence-electron chi connectivity index (χ2n) is 4.84. The van der Waals surface area contributed by atoms with Gasteiger partial charge in [-0.25, -0.2) is 8.78 Å². The van der Waals surface area contributed by atoms with Crippen molar-refractivity contribution in [3.63, 3.8) is 0 Å². The highest BCUT2D eigenvalue weighted by Gasteiger charge is 2.61. The van der Waals surface area contributed by atoms with Gasteiger partial charge in [-0.05, 0) is 25.0 Å². The van der Waals surface area contributed by atoms with Crippen LogP contribution in [-0.2, 0) is 9.59 Å². The van der Waals surface area contributed by atoms with Crippen LogP contribution < -0.4 is 0 Å². The van der Waals surface area contributed by atoms with E-state index in [0.29, 0.717) is 0 Å². The monoisotopic (exact) mass is 347 g/mol. The van der Waals surface area contributed by atoms with Crippen LogP contribution in [0.3, 0.4) is 0 Å². The molecule has 2 atom stereocenters. The minimum atomic E-state index is -2.20. The van der Waals surface area contributed by atoms with Crippen molar-refractivity contribution in [2.24, 2.45) is 0 Å². The highest BCUT2D eigenvalue weighted by atomic mass is 33.1. The molecule has 2 aliphatic rings. The molecule has 0 spiro atoms. The molecular weight excluding hydrogens is 334 g/mol. The highest BCUT2D eigenvalue weighted by molar-refractivity contribution is 8.79. The topological polar surface area (TPSA) is 74.6 Å². The standard InChI is InChI=1S/C14H13F2O4S2/c15-9-5-1-3-7-13(9,11(17)18)22(21)14(12(19)20)8-4-2-6-10(14)16/h1-6,21H,7-8H2,(H,17,18)(H,19,20). The highest BCUT2D eigenvalue weighted by Crippen LogP contribution is 2.65. The smallest absolute Gasteiger partial charge is 0.327 e. The van der Waals surface area contributed by atoms with Crippen LogP contribution >= 0.6 is 21.6 Å². The zero-order valence-electron chi connectivity index (χ0n) is 11.2. The average Bonchev–Trinajstić information content (AvgIpc) is 2.47. The second kappa shape index (κ2) is 5.92. The van der Waals surface area contributed by atoms with Crippen LogP contribution in [0.2, 0.25) is 0 Å². The van der Waals surface area contributed by atoms with Crippen LogP contribution in [0.4, 0.5) is 8.78 Å². The van der Waals surface area contributed by atoms with Gasteiger partial charge in [-0.15, -0.1) is 21.6 Å².